The number of carbonyl (C=O) groups is 1. The van der Waals surface area contributed by atoms with Gasteiger partial charge in [0.15, 0.2) is 0 Å². The van der Waals surface area contributed by atoms with Crippen molar-refractivity contribution in [2.45, 2.75) is 33.6 Å². The van der Waals surface area contributed by atoms with Crippen molar-refractivity contribution in [1.29, 1.82) is 0 Å². The number of nitrogens with one attached hydrogen (secondary N) is 1. The Kier molecular flexibility index (Phi) is 5.36. The molecule has 0 aromatic heterocycles. The normalized spacial score (nSPS) is 11.4. The predicted molar refractivity (Wildman–Crippen MR) is 75.3 cm³/mol. The summed E-state index contributed by atoms with van der Waals surface area (Å²) in [5.41, 5.74) is 0.780. The molecule has 0 unspecified atom stereocenters. The van der Waals surface area contributed by atoms with Crippen LogP contribution >= 0.6 is 0 Å². The van der Waals surface area contributed by atoms with Gasteiger partial charge in [0.25, 0.3) is 5.91 Å². The van der Waals surface area contributed by atoms with Crippen molar-refractivity contribution in [2.75, 3.05) is 13.2 Å². The largest absolute Gasteiger partial charge is 0.508 e. The maximum Gasteiger partial charge on any atom is 0.251 e. The highest BCUT2D eigenvalue weighted by atomic mass is 16.3. The second-order valence-electron chi connectivity index (χ2n) is 5.00. The highest BCUT2D eigenvalue weighted by Crippen LogP contribution is 2.25. The van der Waals surface area contributed by atoms with Crippen LogP contribution in [0, 0.1) is 12.3 Å². The molecular weight excluding hydrogens is 242 g/mol. The molecule has 1 aromatic carbocycles. The second-order valence-corrected chi connectivity index (χ2v) is 5.00. The van der Waals surface area contributed by atoms with Gasteiger partial charge in [-0.2, -0.15) is 0 Å². The molecule has 0 radical (unpaired) electrons. The van der Waals surface area contributed by atoms with E-state index in [2.05, 4.69) is 5.32 Å². The van der Waals surface area contributed by atoms with Gasteiger partial charge >= 0.3 is 0 Å². The van der Waals surface area contributed by atoms with Crippen molar-refractivity contribution in [3.05, 3.63) is 29.3 Å². The van der Waals surface area contributed by atoms with Crippen molar-refractivity contribution in [2.24, 2.45) is 5.41 Å². The van der Waals surface area contributed by atoms with Gasteiger partial charge in [0.2, 0.25) is 0 Å². The molecule has 0 heterocycles. The number of carbonyl (C=O) groups excluding carboxylic acids is 1. The summed E-state index contributed by atoms with van der Waals surface area (Å²) in [7, 11) is 0. The molecule has 1 amide bonds. The van der Waals surface area contributed by atoms with Gasteiger partial charge in [0.1, 0.15) is 5.75 Å². The van der Waals surface area contributed by atoms with E-state index < -0.39 is 0 Å². The van der Waals surface area contributed by atoms with Crippen molar-refractivity contribution in [3.8, 4) is 5.75 Å². The molecule has 0 aliphatic rings. The van der Waals surface area contributed by atoms with Crippen molar-refractivity contribution < 1.29 is 15.0 Å². The molecule has 3 N–H and O–H groups in total. The number of benzene rings is 1. The van der Waals surface area contributed by atoms with E-state index >= 15 is 0 Å². The molecule has 0 bridgehead atoms. The zero-order valence-corrected chi connectivity index (χ0v) is 11.9. The maximum absolute atomic E-state index is 12.1. The number of hydrogen-bond donors (Lipinski definition) is 3. The van der Waals surface area contributed by atoms with Crippen LogP contribution in [0.5, 0.6) is 5.75 Å². The number of amides is 1. The van der Waals surface area contributed by atoms with E-state index in [0.717, 1.165) is 12.8 Å². The van der Waals surface area contributed by atoms with Gasteiger partial charge in [0, 0.05) is 23.1 Å². The third-order valence-electron chi connectivity index (χ3n) is 4.01. The van der Waals surface area contributed by atoms with Crippen molar-refractivity contribution in [3.63, 3.8) is 0 Å². The smallest absolute Gasteiger partial charge is 0.251 e. The molecule has 19 heavy (non-hydrogen) atoms. The topological polar surface area (TPSA) is 69.6 Å². The monoisotopic (exact) mass is 265 g/mol. The van der Waals surface area contributed by atoms with Gasteiger partial charge in [0.05, 0.1) is 6.61 Å². The molecule has 0 aliphatic carbocycles. The maximum atomic E-state index is 12.1. The van der Waals surface area contributed by atoms with Gasteiger partial charge in [-0.05, 0) is 31.9 Å². The lowest BCUT2D eigenvalue weighted by Gasteiger charge is -2.29. The second kappa shape index (κ2) is 6.57. The van der Waals surface area contributed by atoms with Crippen LogP contribution in [-0.4, -0.2) is 29.3 Å². The Morgan fingerprint density at radius 3 is 2.47 bits per heavy atom. The fraction of sp³-hybridized carbons (Fsp3) is 0.533. The third kappa shape index (κ3) is 3.47. The molecule has 0 saturated heterocycles. The number of aromatic hydroxyl groups is 1. The molecule has 106 valence electrons. The molecular formula is C15H23NO3. The van der Waals surface area contributed by atoms with Crippen LogP contribution in [0.3, 0.4) is 0 Å². The SMILES string of the molecule is CCC(CC)(CO)CNC(=O)c1cccc(O)c1C. The zero-order chi connectivity index (χ0) is 14.5. The van der Waals surface area contributed by atoms with Crippen LogP contribution in [-0.2, 0) is 0 Å². The Morgan fingerprint density at radius 2 is 1.95 bits per heavy atom. The highest BCUT2D eigenvalue weighted by molar-refractivity contribution is 5.96. The van der Waals surface area contributed by atoms with Crippen molar-refractivity contribution in [1.82, 2.24) is 5.32 Å². The Hall–Kier alpha value is -1.55. The summed E-state index contributed by atoms with van der Waals surface area (Å²) in [6.45, 7) is 6.21. The van der Waals surface area contributed by atoms with Crippen LogP contribution in [0.25, 0.3) is 0 Å². The summed E-state index contributed by atoms with van der Waals surface area (Å²) >= 11 is 0. The minimum absolute atomic E-state index is 0.0549. The highest BCUT2D eigenvalue weighted by Gasteiger charge is 2.26. The number of phenols is 1. The summed E-state index contributed by atoms with van der Waals surface area (Å²) in [4.78, 5) is 12.1. The summed E-state index contributed by atoms with van der Waals surface area (Å²) in [5, 5.41) is 21.9. The molecule has 1 aromatic rings. The van der Waals surface area contributed by atoms with Crippen LogP contribution in [0.15, 0.2) is 18.2 Å². The molecule has 1 rings (SSSR count). The molecule has 0 fully saturated rings. The van der Waals surface area contributed by atoms with Gasteiger partial charge < -0.3 is 15.5 Å². The van der Waals surface area contributed by atoms with E-state index in [1.165, 1.54) is 0 Å². The van der Waals surface area contributed by atoms with Crippen LogP contribution in [0.1, 0.15) is 42.6 Å². The van der Waals surface area contributed by atoms with Crippen LogP contribution < -0.4 is 5.32 Å². The third-order valence-corrected chi connectivity index (χ3v) is 4.01. The van der Waals surface area contributed by atoms with E-state index in [9.17, 15) is 15.0 Å². The van der Waals surface area contributed by atoms with Gasteiger partial charge in [-0.1, -0.05) is 19.9 Å². The van der Waals surface area contributed by atoms with E-state index in [4.69, 9.17) is 0 Å². The Labute approximate surface area is 114 Å². The van der Waals surface area contributed by atoms with Crippen molar-refractivity contribution >= 4 is 5.91 Å². The first-order chi connectivity index (χ1) is 8.99. The molecule has 0 atom stereocenters. The first kappa shape index (κ1) is 15.5. The minimum Gasteiger partial charge on any atom is -0.508 e. The van der Waals surface area contributed by atoms with Gasteiger partial charge in [-0.15, -0.1) is 0 Å². The first-order valence-electron chi connectivity index (χ1n) is 6.67. The fourth-order valence-corrected chi connectivity index (χ4v) is 2.01. The first-order valence-corrected chi connectivity index (χ1v) is 6.67. The number of aliphatic hydroxyl groups is 1. The summed E-state index contributed by atoms with van der Waals surface area (Å²) in [6, 6.07) is 4.89. The average molecular weight is 265 g/mol. The predicted octanol–water partition coefficient (Wildman–Crippen LogP) is 2.23. The number of hydrogen-bond acceptors (Lipinski definition) is 3. The standard InChI is InChI=1S/C15H23NO3/c1-4-15(5-2,10-17)9-16-14(19)12-7-6-8-13(18)11(12)3/h6-8,17-18H,4-5,9-10H2,1-3H3,(H,16,19). The van der Waals surface area contributed by atoms with E-state index in [0.29, 0.717) is 17.7 Å². The van der Waals surface area contributed by atoms with Crippen LogP contribution in [0.4, 0.5) is 0 Å². The lowest BCUT2D eigenvalue weighted by Crippen LogP contribution is -2.39. The van der Waals surface area contributed by atoms with E-state index in [1.807, 2.05) is 13.8 Å². The Morgan fingerprint density at radius 1 is 1.32 bits per heavy atom. The number of rotatable bonds is 6. The Bertz CT molecular complexity index is 431. The van der Waals surface area contributed by atoms with E-state index in [1.54, 1.807) is 25.1 Å². The number of phenolic OH excluding ortho intramolecular Hbond substituents is 1. The summed E-state index contributed by atoms with van der Waals surface area (Å²) in [6.07, 6.45) is 1.61. The fourth-order valence-electron chi connectivity index (χ4n) is 2.01. The van der Waals surface area contributed by atoms with E-state index in [-0.39, 0.29) is 23.7 Å². The Balaban J connectivity index is 2.78. The average Bonchev–Trinajstić information content (AvgIpc) is 2.44. The lowest BCUT2D eigenvalue weighted by atomic mass is 9.83. The molecule has 0 aliphatic heterocycles. The minimum atomic E-state index is -0.264. The molecule has 0 spiro atoms. The summed E-state index contributed by atoms with van der Waals surface area (Å²) < 4.78 is 0. The quantitative estimate of drug-likeness (QED) is 0.738. The van der Waals surface area contributed by atoms with Gasteiger partial charge in [-0.3, -0.25) is 4.79 Å². The summed E-state index contributed by atoms with van der Waals surface area (Å²) in [5.74, 6) is -0.0971. The van der Waals surface area contributed by atoms with Gasteiger partial charge in [-0.25, -0.2) is 0 Å². The molecule has 0 saturated carbocycles. The van der Waals surface area contributed by atoms with Crippen LogP contribution in [0.2, 0.25) is 0 Å². The number of aliphatic hydroxyl groups excluding tert-OH is 1. The molecule has 4 heteroatoms. The lowest BCUT2D eigenvalue weighted by molar-refractivity contribution is 0.0850. The molecule has 4 nitrogen and oxygen atoms in total. The zero-order valence-electron chi connectivity index (χ0n) is 11.9.